The lowest BCUT2D eigenvalue weighted by Crippen LogP contribution is -2.43. The summed E-state index contributed by atoms with van der Waals surface area (Å²) in [5, 5.41) is 16.6. The molecule has 0 amide bonds. The molecule has 3 aromatic rings. The number of aliphatic hydroxyl groups excluding tert-OH is 1. The molecular formula is C23H28N8O. The van der Waals surface area contributed by atoms with E-state index in [0.717, 1.165) is 74.9 Å². The summed E-state index contributed by atoms with van der Waals surface area (Å²) in [7, 11) is 0. The Balaban J connectivity index is 1.49. The van der Waals surface area contributed by atoms with Crippen molar-refractivity contribution in [2.24, 2.45) is 0 Å². The molecule has 0 bridgehead atoms. The van der Waals surface area contributed by atoms with Crippen molar-refractivity contribution in [1.82, 2.24) is 25.3 Å². The summed E-state index contributed by atoms with van der Waals surface area (Å²) in [6, 6.07) is 8.28. The highest BCUT2D eigenvalue weighted by Crippen LogP contribution is 2.30. The largest absolute Gasteiger partial charge is 0.393 e. The first kappa shape index (κ1) is 20.6. The molecule has 3 N–H and O–H groups in total. The molecule has 0 aliphatic carbocycles. The number of pyridine rings is 2. The van der Waals surface area contributed by atoms with Crippen LogP contribution in [0.2, 0.25) is 0 Å². The van der Waals surface area contributed by atoms with Crippen molar-refractivity contribution in [3.05, 3.63) is 49.1 Å². The van der Waals surface area contributed by atoms with Gasteiger partial charge in [-0.15, -0.1) is 0 Å². The van der Waals surface area contributed by atoms with Gasteiger partial charge in [-0.3, -0.25) is 4.98 Å². The van der Waals surface area contributed by atoms with Gasteiger partial charge in [0.1, 0.15) is 17.5 Å². The summed E-state index contributed by atoms with van der Waals surface area (Å²) in [6.07, 6.45) is 8.16. The Morgan fingerprint density at radius 3 is 2.53 bits per heavy atom. The number of aromatic nitrogens is 4. The zero-order chi connectivity index (χ0) is 21.8. The van der Waals surface area contributed by atoms with Gasteiger partial charge in [0.05, 0.1) is 18.0 Å². The van der Waals surface area contributed by atoms with Gasteiger partial charge in [0, 0.05) is 75.2 Å². The molecule has 166 valence electrons. The van der Waals surface area contributed by atoms with Crippen molar-refractivity contribution < 1.29 is 5.11 Å². The lowest BCUT2D eigenvalue weighted by Gasteiger charge is -2.32. The fraction of sp³-hybridized carbons (Fsp3) is 0.391. The molecule has 0 spiro atoms. The Morgan fingerprint density at radius 2 is 1.75 bits per heavy atom. The summed E-state index contributed by atoms with van der Waals surface area (Å²) in [5.74, 6) is 2.33. The highest BCUT2D eigenvalue weighted by atomic mass is 16.3. The molecule has 9 nitrogen and oxygen atoms in total. The highest BCUT2D eigenvalue weighted by Gasteiger charge is 2.19. The molecule has 0 atom stereocenters. The van der Waals surface area contributed by atoms with E-state index in [2.05, 4.69) is 47.5 Å². The molecule has 5 rings (SSSR count). The fourth-order valence-corrected chi connectivity index (χ4v) is 4.17. The molecule has 2 fully saturated rings. The molecule has 2 aliphatic rings. The minimum Gasteiger partial charge on any atom is -0.393 e. The maximum absolute atomic E-state index is 9.93. The van der Waals surface area contributed by atoms with Crippen LogP contribution in [0.5, 0.6) is 0 Å². The second-order valence-corrected chi connectivity index (χ2v) is 8.17. The van der Waals surface area contributed by atoms with Crippen molar-refractivity contribution in [2.45, 2.75) is 18.9 Å². The Kier molecular flexibility index (Phi) is 6.09. The molecule has 0 saturated carbocycles. The van der Waals surface area contributed by atoms with E-state index in [1.807, 2.05) is 18.3 Å². The van der Waals surface area contributed by atoms with Crippen LogP contribution in [-0.4, -0.2) is 70.4 Å². The number of hydrogen-bond donors (Lipinski definition) is 3. The van der Waals surface area contributed by atoms with Crippen LogP contribution in [0.3, 0.4) is 0 Å². The Labute approximate surface area is 187 Å². The lowest BCUT2D eigenvalue weighted by molar-refractivity contribution is 0.145. The number of anilines is 4. The van der Waals surface area contributed by atoms with Gasteiger partial charge < -0.3 is 25.5 Å². The second kappa shape index (κ2) is 9.46. The molecule has 32 heavy (non-hydrogen) atoms. The van der Waals surface area contributed by atoms with Crippen molar-refractivity contribution in [2.75, 3.05) is 54.4 Å². The van der Waals surface area contributed by atoms with Crippen molar-refractivity contribution in [1.29, 1.82) is 0 Å². The van der Waals surface area contributed by atoms with Gasteiger partial charge in [-0.1, -0.05) is 0 Å². The number of aliphatic hydroxyl groups is 1. The molecule has 3 aromatic heterocycles. The second-order valence-electron chi connectivity index (χ2n) is 8.17. The summed E-state index contributed by atoms with van der Waals surface area (Å²) in [6.45, 7) is 5.45. The Morgan fingerprint density at radius 1 is 0.906 bits per heavy atom. The normalized spacial score (nSPS) is 17.4. The predicted octanol–water partition coefficient (Wildman–Crippen LogP) is 2.05. The van der Waals surface area contributed by atoms with Gasteiger partial charge >= 0.3 is 0 Å². The van der Waals surface area contributed by atoms with Crippen molar-refractivity contribution in [3.63, 3.8) is 0 Å². The number of piperazine rings is 1. The van der Waals surface area contributed by atoms with Crippen molar-refractivity contribution in [3.8, 4) is 11.3 Å². The van der Waals surface area contributed by atoms with E-state index in [0.29, 0.717) is 11.6 Å². The van der Waals surface area contributed by atoms with E-state index >= 15 is 0 Å². The zero-order valence-electron chi connectivity index (χ0n) is 18.0. The molecule has 2 aliphatic heterocycles. The molecule has 0 unspecified atom stereocenters. The van der Waals surface area contributed by atoms with Crippen LogP contribution in [0, 0.1) is 0 Å². The number of piperidine rings is 1. The Hall–Kier alpha value is -3.30. The van der Waals surface area contributed by atoms with E-state index in [-0.39, 0.29) is 6.10 Å². The quantitative estimate of drug-likeness (QED) is 0.559. The van der Waals surface area contributed by atoms with E-state index < -0.39 is 0 Å². The van der Waals surface area contributed by atoms with Gasteiger partial charge in [0.15, 0.2) is 0 Å². The third kappa shape index (κ3) is 4.79. The SMILES string of the molecule is OC1CCN(c2cc(Nc3cnccn3)nc(-c3ccnc(N4CCNCC4)c3)c2)CC1. The average Bonchev–Trinajstić information content (AvgIpc) is 2.85. The number of nitrogens with one attached hydrogen (secondary N) is 2. The lowest BCUT2D eigenvalue weighted by atomic mass is 10.1. The first-order valence-electron chi connectivity index (χ1n) is 11.1. The molecular weight excluding hydrogens is 404 g/mol. The van der Waals surface area contributed by atoms with Crippen LogP contribution in [0.15, 0.2) is 49.1 Å². The van der Waals surface area contributed by atoms with E-state index in [4.69, 9.17) is 4.98 Å². The smallest absolute Gasteiger partial charge is 0.150 e. The summed E-state index contributed by atoms with van der Waals surface area (Å²) in [5.41, 5.74) is 2.97. The minimum atomic E-state index is -0.216. The van der Waals surface area contributed by atoms with Gasteiger partial charge in [0.25, 0.3) is 0 Å². The summed E-state index contributed by atoms with van der Waals surface area (Å²) in [4.78, 5) is 22.5. The molecule has 0 aromatic carbocycles. The average molecular weight is 433 g/mol. The van der Waals surface area contributed by atoms with E-state index in [1.165, 1.54) is 0 Å². The topological polar surface area (TPSA) is 102 Å². The monoisotopic (exact) mass is 432 g/mol. The van der Waals surface area contributed by atoms with Crippen molar-refractivity contribution >= 4 is 23.1 Å². The van der Waals surface area contributed by atoms with Gasteiger partial charge in [-0.2, -0.15) is 0 Å². The van der Waals surface area contributed by atoms with Gasteiger partial charge in [0.2, 0.25) is 0 Å². The van der Waals surface area contributed by atoms with E-state index in [9.17, 15) is 5.11 Å². The van der Waals surface area contributed by atoms with Crippen LogP contribution in [-0.2, 0) is 0 Å². The Bertz CT molecular complexity index is 1030. The van der Waals surface area contributed by atoms with E-state index in [1.54, 1.807) is 18.6 Å². The van der Waals surface area contributed by atoms with Crippen LogP contribution >= 0.6 is 0 Å². The molecule has 9 heteroatoms. The maximum atomic E-state index is 9.93. The third-order valence-corrected chi connectivity index (χ3v) is 5.94. The predicted molar refractivity (Wildman–Crippen MR) is 125 cm³/mol. The zero-order valence-corrected chi connectivity index (χ0v) is 18.0. The number of rotatable bonds is 5. The van der Waals surface area contributed by atoms with Crippen LogP contribution in [0.1, 0.15) is 12.8 Å². The third-order valence-electron chi connectivity index (χ3n) is 5.94. The number of hydrogen-bond acceptors (Lipinski definition) is 9. The first-order chi connectivity index (χ1) is 15.7. The van der Waals surface area contributed by atoms with Crippen LogP contribution < -0.4 is 20.4 Å². The molecule has 0 radical (unpaired) electrons. The highest BCUT2D eigenvalue weighted by molar-refractivity contribution is 5.71. The number of nitrogens with zero attached hydrogens (tertiary/aromatic N) is 6. The van der Waals surface area contributed by atoms with Crippen LogP contribution in [0.25, 0.3) is 11.3 Å². The fourth-order valence-electron chi connectivity index (χ4n) is 4.17. The van der Waals surface area contributed by atoms with Crippen LogP contribution in [0.4, 0.5) is 23.1 Å². The molecule has 2 saturated heterocycles. The first-order valence-corrected chi connectivity index (χ1v) is 11.1. The maximum Gasteiger partial charge on any atom is 0.150 e. The minimum absolute atomic E-state index is 0.216. The van der Waals surface area contributed by atoms with Gasteiger partial charge in [-0.05, 0) is 31.0 Å². The summed E-state index contributed by atoms with van der Waals surface area (Å²) >= 11 is 0. The molecule has 5 heterocycles. The summed E-state index contributed by atoms with van der Waals surface area (Å²) < 4.78 is 0. The standard InChI is InChI=1S/C23H28N8O/c32-19-2-9-30(10-3-19)18-14-20(28-21(15-18)29-22-16-25-5-6-26-22)17-1-4-27-23(13-17)31-11-7-24-8-12-31/h1,4-6,13-16,19,24,32H,2-3,7-12H2,(H,26,28,29). The van der Waals surface area contributed by atoms with Gasteiger partial charge in [-0.25, -0.2) is 15.0 Å².